The van der Waals surface area contributed by atoms with Gasteiger partial charge < -0.3 is 11.1 Å². The lowest BCUT2D eigenvalue weighted by atomic mass is 10.1. The van der Waals surface area contributed by atoms with E-state index in [4.69, 9.17) is 22.7 Å². The van der Waals surface area contributed by atoms with Crippen LogP contribution in [-0.4, -0.2) is 25.4 Å². The first-order valence-corrected chi connectivity index (χ1v) is 9.20. The SMILES string of the molecule is C=C(N)/C=C(\C=N)c1c(C)sc2nc(Cn3nc(C(F)(F)F)cc3Cl)cc(=O)n12. The molecule has 0 unspecified atom stereocenters. The number of hydrogen-bond acceptors (Lipinski definition) is 6. The zero-order chi connectivity index (χ0) is 21.5. The lowest BCUT2D eigenvalue weighted by Crippen LogP contribution is -2.18. The molecular formula is C17H14ClF3N6OS. The summed E-state index contributed by atoms with van der Waals surface area (Å²) in [5.74, 6) is 0. The molecule has 3 aromatic rings. The molecule has 0 bridgehead atoms. The average Bonchev–Trinajstić information content (AvgIpc) is 3.12. The van der Waals surface area contributed by atoms with Gasteiger partial charge >= 0.3 is 6.18 Å². The van der Waals surface area contributed by atoms with Gasteiger partial charge in [-0.05, 0) is 13.0 Å². The maximum absolute atomic E-state index is 12.8. The molecule has 0 saturated carbocycles. The fourth-order valence-corrected chi connectivity index (χ4v) is 3.93. The summed E-state index contributed by atoms with van der Waals surface area (Å²) in [5, 5.41) is 10.8. The molecule has 0 atom stereocenters. The zero-order valence-corrected chi connectivity index (χ0v) is 16.5. The van der Waals surface area contributed by atoms with Crippen LogP contribution in [0.5, 0.6) is 0 Å². The number of thiazole rings is 1. The van der Waals surface area contributed by atoms with Crippen LogP contribution in [0.4, 0.5) is 13.2 Å². The number of aromatic nitrogens is 4. The smallest absolute Gasteiger partial charge is 0.399 e. The van der Waals surface area contributed by atoms with Crippen LogP contribution in [0.2, 0.25) is 5.15 Å². The molecule has 12 heteroatoms. The first-order chi connectivity index (χ1) is 13.5. The minimum Gasteiger partial charge on any atom is -0.399 e. The van der Waals surface area contributed by atoms with Gasteiger partial charge in [0.15, 0.2) is 10.7 Å². The average molecular weight is 443 g/mol. The van der Waals surface area contributed by atoms with Gasteiger partial charge in [-0.3, -0.25) is 9.20 Å². The number of hydrogen-bond donors (Lipinski definition) is 2. The highest BCUT2D eigenvalue weighted by Crippen LogP contribution is 2.30. The molecule has 0 amide bonds. The third-order valence-corrected chi connectivity index (χ3v) is 5.11. The summed E-state index contributed by atoms with van der Waals surface area (Å²) in [5.41, 5.74) is 5.25. The second kappa shape index (κ2) is 7.48. The lowest BCUT2D eigenvalue weighted by Gasteiger charge is -2.06. The van der Waals surface area contributed by atoms with Crippen LogP contribution in [-0.2, 0) is 12.7 Å². The number of fused-ring (bicyclic) bond motifs is 1. The summed E-state index contributed by atoms with van der Waals surface area (Å²) in [7, 11) is 0. The summed E-state index contributed by atoms with van der Waals surface area (Å²) >= 11 is 7.03. The van der Waals surface area contributed by atoms with Gasteiger partial charge in [0.2, 0.25) is 0 Å². The Balaban J connectivity index is 2.09. The van der Waals surface area contributed by atoms with Crippen molar-refractivity contribution in [1.29, 1.82) is 5.41 Å². The van der Waals surface area contributed by atoms with Gasteiger partial charge in [-0.25, -0.2) is 9.67 Å². The van der Waals surface area contributed by atoms with Crippen LogP contribution in [0, 0.1) is 12.3 Å². The van der Waals surface area contributed by atoms with Gasteiger partial charge in [-0.2, -0.15) is 18.3 Å². The molecule has 29 heavy (non-hydrogen) atoms. The number of aryl methyl sites for hydroxylation is 1. The van der Waals surface area contributed by atoms with E-state index < -0.39 is 17.4 Å². The lowest BCUT2D eigenvalue weighted by molar-refractivity contribution is -0.141. The van der Waals surface area contributed by atoms with E-state index in [1.54, 1.807) is 6.92 Å². The molecule has 152 valence electrons. The van der Waals surface area contributed by atoms with Crippen LogP contribution in [0.1, 0.15) is 22.0 Å². The molecule has 0 aliphatic rings. The van der Waals surface area contributed by atoms with E-state index >= 15 is 0 Å². The Hall–Kier alpha value is -2.92. The maximum Gasteiger partial charge on any atom is 0.435 e. The molecule has 0 radical (unpaired) electrons. The monoisotopic (exact) mass is 442 g/mol. The minimum atomic E-state index is -4.63. The summed E-state index contributed by atoms with van der Waals surface area (Å²) in [6, 6.07) is 1.90. The Morgan fingerprint density at radius 1 is 1.45 bits per heavy atom. The Kier molecular flexibility index (Phi) is 5.37. The van der Waals surface area contributed by atoms with Crippen molar-refractivity contribution < 1.29 is 13.2 Å². The molecule has 3 heterocycles. The summed E-state index contributed by atoms with van der Waals surface area (Å²) < 4.78 is 40.6. The summed E-state index contributed by atoms with van der Waals surface area (Å²) in [4.78, 5) is 18.1. The largest absolute Gasteiger partial charge is 0.435 e. The van der Waals surface area contributed by atoms with Gasteiger partial charge in [0.25, 0.3) is 5.56 Å². The number of alkyl halides is 3. The van der Waals surface area contributed by atoms with Gasteiger partial charge in [-0.15, -0.1) is 11.3 Å². The van der Waals surface area contributed by atoms with Crippen molar-refractivity contribution in [3.8, 4) is 0 Å². The Labute approximate surface area is 171 Å². The molecule has 0 aromatic carbocycles. The second-order valence-corrected chi connectivity index (χ2v) is 7.61. The maximum atomic E-state index is 12.8. The fraction of sp³-hybridized carbons (Fsp3) is 0.176. The Bertz CT molecular complexity index is 1220. The van der Waals surface area contributed by atoms with Gasteiger partial charge in [0.05, 0.1) is 17.9 Å². The molecular weight excluding hydrogens is 429 g/mol. The van der Waals surface area contributed by atoms with Crippen molar-refractivity contribution >= 4 is 39.7 Å². The van der Waals surface area contributed by atoms with Gasteiger partial charge in [-0.1, -0.05) is 18.2 Å². The predicted octanol–water partition coefficient (Wildman–Crippen LogP) is 3.49. The molecule has 3 aromatic heterocycles. The number of nitrogens with one attached hydrogen (secondary N) is 1. The first kappa shape index (κ1) is 20.8. The standard InChI is InChI=1S/C17H14ClF3N6OS/c1-8(23)3-10(6-22)15-9(2)29-16-24-11(4-14(28)27(15)16)7-26-13(18)5-12(25-26)17(19,20)21/h3-6,22H,1,7,23H2,2H3/b10-3+,22-6?. The molecule has 0 aliphatic carbocycles. The third-order valence-electron chi connectivity index (χ3n) is 3.85. The molecule has 3 N–H and O–H groups in total. The first-order valence-electron chi connectivity index (χ1n) is 8.00. The second-order valence-electron chi connectivity index (χ2n) is 6.04. The van der Waals surface area contributed by atoms with Gasteiger partial charge in [0, 0.05) is 34.5 Å². The highest BCUT2D eigenvalue weighted by molar-refractivity contribution is 7.17. The Morgan fingerprint density at radius 3 is 2.69 bits per heavy atom. The van der Waals surface area contributed by atoms with E-state index in [1.807, 2.05) is 0 Å². The normalized spacial score (nSPS) is 12.5. The quantitative estimate of drug-likeness (QED) is 0.466. The molecule has 0 spiro atoms. The topological polar surface area (TPSA) is 102 Å². The molecule has 0 saturated heterocycles. The van der Waals surface area contributed by atoms with Crippen LogP contribution >= 0.6 is 22.9 Å². The van der Waals surface area contributed by atoms with Crippen molar-refractivity contribution in [3.63, 3.8) is 0 Å². The number of nitrogens with two attached hydrogens (primary N) is 1. The minimum absolute atomic E-state index is 0.199. The fourth-order valence-electron chi connectivity index (χ4n) is 2.71. The highest BCUT2D eigenvalue weighted by atomic mass is 35.5. The number of rotatable bonds is 5. The predicted molar refractivity (Wildman–Crippen MR) is 106 cm³/mol. The molecule has 3 rings (SSSR count). The van der Waals surface area contributed by atoms with Crippen molar-refractivity contribution in [2.24, 2.45) is 5.73 Å². The number of halogens is 4. The van der Waals surface area contributed by atoms with Crippen LogP contribution in [0.3, 0.4) is 0 Å². The third kappa shape index (κ3) is 4.10. The summed E-state index contributed by atoms with van der Waals surface area (Å²) in [6.07, 6.45) is -2.12. The van der Waals surface area contributed by atoms with E-state index in [1.165, 1.54) is 27.9 Å². The molecule has 7 nitrogen and oxygen atoms in total. The number of allylic oxidation sites excluding steroid dienone is 2. The van der Waals surface area contributed by atoms with E-state index in [2.05, 4.69) is 16.7 Å². The van der Waals surface area contributed by atoms with E-state index in [0.29, 0.717) is 27.2 Å². The molecule has 0 fully saturated rings. The van der Waals surface area contributed by atoms with E-state index in [-0.39, 0.29) is 23.1 Å². The highest BCUT2D eigenvalue weighted by Gasteiger charge is 2.34. The van der Waals surface area contributed by atoms with Crippen LogP contribution in [0.15, 0.2) is 35.3 Å². The Morgan fingerprint density at radius 2 is 2.14 bits per heavy atom. The van der Waals surface area contributed by atoms with Crippen LogP contribution in [0.25, 0.3) is 10.5 Å². The van der Waals surface area contributed by atoms with Crippen molar-refractivity contribution in [3.05, 3.63) is 68.0 Å². The zero-order valence-electron chi connectivity index (χ0n) is 14.9. The van der Waals surface area contributed by atoms with Crippen LogP contribution < -0.4 is 11.3 Å². The van der Waals surface area contributed by atoms with Crippen molar-refractivity contribution in [2.75, 3.05) is 0 Å². The van der Waals surface area contributed by atoms with Crippen molar-refractivity contribution in [1.82, 2.24) is 19.2 Å². The number of nitrogens with zero attached hydrogens (tertiary/aromatic N) is 4. The summed E-state index contributed by atoms with van der Waals surface area (Å²) in [6.45, 7) is 5.12. The molecule has 0 aliphatic heterocycles. The van der Waals surface area contributed by atoms with Crippen molar-refractivity contribution in [2.45, 2.75) is 19.6 Å². The van der Waals surface area contributed by atoms with E-state index in [0.717, 1.165) is 10.9 Å². The van der Waals surface area contributed by atoms with E-state index in [9.17, 15) is 18.0 Å². The van der Waals surface area contributed by atoms with Gasteiger partial charge in [0.1, 0.15) is 5.15 Å².